The Kier molecular flexibility index (Phi) is 3.81. The average Bonchev–Trinajstić information content (AvgIpc) is 2.96. The molecule has 2 fully saturated rings. The Labute approximate surface area is 136 Å². The molecule has 0 bridgehead atoms. The number of aromatic amines is 1. The predicted octanol–water partition coefficient (Wildman–Crippen LogP) is 3.13. The maximum Gasteiger partial charge on any atom is 0.254 e. The molecule has 1 N–H and O–H groups in total. The Morgan fingerprint density at radius 2 is 2.04 bits per heavy atom. The number of aromatic nitrogens is 2. The molecule has 2 aromatic rings. The van der Waals surface area contributed by atoms with Gasteiger partial charge >= 0.3 is 0 Å². The van der Waals surface area contributed by atoms with Crippen molar-refractivity contribution >= 4 is 16.8 Å². The molecule has 1 saturated heterocycles. The maximum atomic E-state index is 13.1. The highest BCUT2D eigenvalue weighted by molar-refractivity contribution is 6.06. The molecule has 1 aromatic heterocycles. The van der Waals surface area contributed by atoms with Crippen LogP contribution in [0.15, 0.2) is 24.4 Å². The first-order chi connectivity index (χ1) is 11.3. The fraction of sp³-hybridized carbons (Fsp3) is 0.556. The highest BCUT2D eigenvalue weighted by Crippen LogP contribution is 2.34. The van der Waals surface area contributed by atoms with Gasteiger partial charge in [-0.3, -0.25) is 9.89 Å². The van der Waals surface area contributed by atoms with E-state index in [0.717, 1.165) is 35.9 Å². The number of ether oxygens (including phenoxy) is 1. The summed E-state index contributed by atoms with van der Waals surface area (Å²) in [7, 11) is 0. The third-order valence-corrected chi connectivity index (χ3v) is 5.27. The molecule has 1 spiro atoms. The number of amides is 1. The fourth-order valence-electron chi connectivity index (χ4n) is 4.02. The van der Waals surface area contributed by atoms with Crippen molar-refractivity contribution in [2.45, 2.75) is 44.1 Å². The first kappa shape index (κ1) is 14.7. The summed E-state index contributed by atoms with van der Waals surface area (Å²) in [6.45, 7) is 2.04. The summed E-state index contributed by atoms with van der Waals surface area (Å²) in [5, 5.41) is 7.90. The third kappa shape index (κ3) is 2.74. The minimum Gasteiger partial charge on any atom is -0.371 e. The number of nitrogens with zero attached hydrogens (tertiary/aromatic N) is 2. The highest BCUT2D eigenvalue weighted by Gasteiger charge is 2.38. The second-order valence-corrected chi connectivity index (χ2v) is 6.81. The minimum atomic E-state index is -0.116. The van der Waals surface area contributed by atoms with Crippen molar-refractivity contribution in [2.24, 2.45) is 0 Å². The molecule has 2 aliphatic rings. The lowest BCUT2D eigenvalue weighted by molar-refractivity contribution is -0.107. The van der Waals surface area contributed by atoms with Crippen LogP contribution in [0.4, 0.5) is 0 Å². The summed E-state index contributed by atoms with van der Waals surface area (Å²) in [5.41, 5.74) is 1.53. The molecule has 122 valence electrons. The smallest absolute Gasteiger partial charge is 0.254 e. The largest absolute Gasteiger partial charge is 0.371 e. The van der Waals surface area contributed by atoms with Crippen molar-refractivity contribution in [3.05, 3.63) is 30.0 Å². The molecule has 0 atom stereocenters. The van der Waals surface area contributed by atoms with Gasteiger partial charge in [0.15, 0.2) is 0 Å². The lowest BCUT2D eigenvalue weighted by atomic mass is 9.92. The molecule has 0 radical (unpaired) electrons. The molecule has 5 nitrogen and oxygen atoms in total. The number of benzene rings is 1. The van der Waals surface area contributed by atoms with Gasteiger partial charge in [0.25, 0.3) is 5.91 Å². The molecule has 1 aliphatic carbocycles. The number of carbonyl (C=O) groups excluding carboxylic acids is 1. The number of H-pyrrole nitrogens is 1. The number of rotatable bonds is 1. The van der Waals surface area contributed by atoms with Crippen LogP contribution >= 0.6 is 0 Å². The first-order valence-corrected chi connectivity index (χ1v) is 8.63. The summed E-state index contributed by atoms with van der Waals surface area (Å²) in [6, 6.07) is 5.76. The molecule has 1 aromatic carbocycles. The van der Waals surface area contributed by atoms with Gasteiger partial charge in [0, 0.05) is 11.9 Å². The Bertz CT molecular complexity index is 701. The van der Waals surface area contributed by atoms with Gasteiger partial charge in [-0.05, 0) is 25.0 Å². The maximum absolute atomic E-state index is 13.1. The topological polar surface area (TPSA) is 58.2 Å². The lowest BCUT2D eigenvalue weighted by Crippen LogP contribution is -2.53. The van der Waals surface area contributed by atoms with E-state index in [9.17, 15) is 4.79 Å². The van der Waals surface area contributed by atoms with Crippen molar-refractivity contribution in [3.63, 3.8) is 0 Å². The number of nitrogens with one attached hydrogen (secondary N) is 1. The second kappa shape index (κ2) is 5.96. The molecule has 1 amide bonds. The van der Waals surface area contributed by atoms with Crippen LogP contribution < -0.4 is 0 Å². The number of morpholine rings is 1. The molecule has 5 heteroatoms. The normalized spacial score (nSPS) is 21.5. The van der Waals surface area contributed by atoms with Gasteiger partial charge in [-0.2, -0.15) is 5.10 Å². The summed E-state index contributed by atoms with van der Waals surface area (Å²) in [5.74, 6) is 0.101. The van der Waals surface area contributed by atoms with Gasteiger partial charge in [0.05, 0.1) is 36.0 Å². The zero-order chi connectivity index (χ0) is 15.7. The van der Waals surface area contributed by atoms with Crippen LogP contribution in [-0.4, -0.2) is 46.3 Å². The van der Waals surface area contributed by atoms with Gasteiger partial charge in [0.2, 0.25) is 0 Å². The molecule has 23 heavy (non-hydrogen) atoms. The zero-order valence-electron chi connectivity index (χ0n) is 13.4. The molecular weight excluding hydrogens is 290 g/mol. The van der Waals surface area contributed by atoms with Crippen LogP contribution in [0, 0.1) is 0 Å². The quantitative estimate of drug-likeness (QED) is 0.880. The van der Waals surface area contributed by atoms with E-state index in [1.165, 1.54) is 25.7 Å². The molecule has 4 rings (SSSR count). The van der Waals surface area contributed by atoms with Gasteiger partial charge in [0.1, 0.15) is 0 Å². The SMILES string of the molecule is O=C(c1cccc2[nH]ncc12)N1CCOC2(CCCCCC2)C1. The van der Waals surface area contributed by atoms with Crippen LogP contribution in [0.1, 0.15) is 48.9 Å². The van der Waals surface area contributed by atoms with Crippen LogP contribution in [0.2, 0.25) is 0 Å². The van der Waals surface area contributed by atoms with E-state index in [0.29, 0.717) is 13.2 Å². The van der Waals surface area contributed by atoms with E-state index in [2.05, 4.69) is 10.2 Å². The van der Waals surface area contributed by atoms with Crippen LogP contribution in [0.25, 0.3) is 10.9 Å². The Balaban J connectivity index is 1.59. The Morgan fingerprint density at radius 1 is 1.22 bits per heavy atom. The van der Waals surface area contributed by atoms with E-state index in [-0.39, 0.29) is 11.5 Å². The van der Waals surface area contributed by atoms with Crippen molar-refractivity contribution in [3.8, 4) is 0 Å². The van der Waals surface area contributed by atoms with E-state index in [1.807, 2.05) is 23.1 Å². The Hall–Kier alpha value is -1.88. The summed E-state index contributed by atoms with van der Waals surface area (Å²) >= 11 is 0. The van der Waals surface area contributed by atoms with E-state index in [1.54, 1.807) is 6.20 Å². The predicted molar refractivity (Wildman–Crippen MR) is 88.4 cm³/mol. The number of carbonyl (C=O) groups is 1. The van der Waals surface area contributed by atoms with Crippen molar-refractivity contribution < 1.29 is 9.53 Å². The second-order valence-electron chi connectivity index (χ2n) is 6.81. The number of hydrogen-bond donors (Lipinski definition) is 1. The minimum absolute atomic E-state index is 0.101. The van der Waals surface area contributed by atoms with Gasteiger partial charge in [-0.15, -0.1) is 0 Å². The molecule has 2 heterocycles. The highest BCUT2D eigenvalue weighted by atomic mass is 16.5. The van der Waals surface area contributed by atoms with E-state index < -0.39 is 0 Å². The number of hydrogen-bond acceptors (Lipinski definition) is 3. The van der Waals surface area contributed by atoms with Crippen LogP contribution in [0.5, 0.6) is 0 Å². The molecule has 0 unspecified atom stereocenters. The molecule has 1 saturated carbocycles. The summed E-state index contributed by atoms with van der Waals surface area (Å²) in [6.07, 6.45) is 8.88. The summed E-state index contributed by atoms with van der Waals surface area (Å²) < 4.78 is 6.16. The average molecular weight is 313 g/mol. The lowest BCUT2D eigenvalue weighted by Gasteiger charge is -2.42. The van der Waals surface area contributed by atoms with Crippen molar-refractivity contribution in [1.82, 2.24) is 15.1 Å². The van der Waals surface area contributed by atoms with E-state index in [4.69, 9.17) is 4.74 Å². The van der Waals surface area contributed by atoms with Crippen LogP contribution in [0.3, 0.4) is 0 Å². The van der Waals surface area contributed by atoms with Crippen molar-refractivity contribution in [1.29, 1.82) is 0 Å². The van der Waals surface area contributed by atoms with Gasteiger partial charge < -0.3 is 9.64 Å². The molecule has 1 aliphatic heterocycles. The zero-order valence-corrected chi connectivity index (χ0v) is 13.4. The molecular formula is C18H23N3O2. The number of fused-ring (bicyclic) bond motifs is 1. The monoisotopic (exact) mass is 313 g/mol. The van der Waals surface area contributed by atoms with Gasteiger partial charge in [-0.25, -0.2) is 0 Å². The Morgan fingerprint density at radius 3 is 2.87 bits per heavy atom. The van der Waals surface area contributed by atoms with Crippen LogP contribution in [-0.2, 0) is 4.74 Å². The third-order valence-electron chi connectivity index (χ3n) is 5.27. The summed E-state index contributed by atoms with van der Waals surface area (Å²) in [4.78, 5) is 15.0. The fourth-order valence-corrected chi connectivity index (χ4v) is 4.02. The standard InChI is InChI=1S/C18H23N3O2/c22-17(14-6-5-7-16-15(14)12-19-20-16)21-10-11-23-18(13-21)8-3-1-2-4-9-18/h5-7,12H,1-4,8-11,13H2,(H,19,20). The van der Waals surface area contributed by atoms with Crippen molar-refractivity contribution in [2.75, 3.05) is 19.7 Å². The first-order valence-electron chi connectivity index (χ1n) is 8.63. The van der Waals surface area contributed by atoms with Gasteiger partial charge in [-0.1, -0.05) is 31.7 Å². The van der Waals surface area contributed by atoms with E-state index >= 15 is 0 Å².